The second-order valence-electron chi connectivity index (χ2n) is 3.90. The third kappa shape index (κ3) is 2.44. The second kappa shape index (κ2) is 4.21. The first-order chi connectivity index (χ1) is 5.67. The number of hydrogen-bond acceptors (Lipinski definition) is 3. The van der Waals surface area contributed by atoms with Crippen molar-refractivity contribution < 1.29 is 5.11 Å². The Hall–Kier alpha value is -0.120. The minimum absolute atomic E-state index is 0.245. The third-order valence-corrected chi connectivity index (χ3v) is 2.71. The second-order valence-corrected chi connectivity index (χ2v) is 3.90. The molecule has 1 saturated heterocycles. The van der Waals surface area contributed by atoms with Crippen LogP contribution in [0, 0.1) is 0 Å². The third-order valence-electron chi connectivity index (χ3n) is 2.71. The van der Waals surface area contributed by atoms with E-state index in [9.17, 15) is 5.11 Å². The van der Waals surface area contributed by atoms with Gasteiger partial charge in [0.1, 0.15) is 0 Å². The average molecular weight is 172 g/mol. The summed E-state index contributed by atoms with van der Waals surface area (Å²) in [7, 11) is 0. The molecule has 4 N–H and O–H groups in total. The Morgan fingerprint density at radius 2 is 2.33 bits per heavy atom. The molecule has 2 atom stereocenters. The molecule has 1 rings (SSSR count). The van der Waals surface area contributed by atoms with E-state index in [1.807, 2.05) is 6.92 Å². The van der Waals surface area contributed by atoms with E-state index in [2.05, 4.69) is 5.32 Å². The summed E-state index contributed by atoms with van der Waals surface area (Å²) < 4.78 is 0. The molecule has 0 amide bonds. The first-order valence-electron chi connectivity index (χ1n) is 4.82. The molecule has 1 aliphatic rings. The number of nitrogens with one attached hydrogen (secondary N) is 1. The van der Waals surface area contributed by atoms with Crippen LogP contribution in [0.2, 0.25) is 0 Å². The van der Waals surface area contributed by atoms with Crippen LogP contribution in [0.1, 0.15) is 32.6 Å². The van der Waals surface area contributed by atoms with Gasteiger partial charge in [-0.1, -0.05) is 6.42 Å². The van der Waals surface area contributed by atoms with E-state index >= 15 is 0 Å². The van der Waals surface area contributed by atoms with Crippen LogP contribution >= 0.6 is 0 Å². The van der Waals surface area contributed by atoms with Crippen LogP contribution in [0.15, 0.2) is 0 Å². The predicted molar refractivity (Wildman–Crippen MR) is 49.9 cm³/mol. The van der Waals surface area contributed by atoms with Crippen molar-refractivity contribution in [2.24, 2.45) is 5.73 Å². The maximum absolute atomic E-state index is 10.00. The van der Waals surface area contributed by atoms with Crippen molar-refractivity contribution in [2.75, 3.05) is 13.1 Å². The monoisotopic (exact) mass is 172 g/mol. The van der Waals surface area contributed by atoms with Gasteiger partial charge in [-0.3, -0.25) is 0 Å². The van der Waals surface area contributed by atoms with E-state index in [0.717, 1.165) is 13.0 Å². The van der Waals surface area contributed by atoms with Crippen LogP contribution < -0.4 is 11.1 Å². The number of aliphatic hydroxyl groups is 1. The van der Waals surface area contributed by atoms with E-state index in [4.69, 9.17) is 5.73 Å². The molecule has 1 heterocycles. The van der Waals surface area contributed by atoms with Crippen molar-refractivity contribution in [1.29, 1.82) is 0 Å². The fourth-order valence-corrected chi connectivity index (χ4v) is 1.85. The summed E-state index contributed by atoms with van der Waals surface area (Å²) in [6, 6.07) is 0.245. The standard InChI is InChI=1S/C9H20N2O/c1-9(12,5-6-10)8-4-2-3-7-11-8/h8,11-12H,2-7,10H2,1H3. The molecular formula is C9H20N2O. The van der Waals surface area contributed by atoms with Crippen molar-refractivity contribution in [3.63, 3.8) is 0 Å². The van der Waals surface area contributed by atoms with Crippen molar-refractivity contribution in [1.82, 2.24) is 5.32 Å². The van der Waals surface area contributed by atoms with Gasteiger partial charge in [-0.15, -0.1) is 0 Å². The quantitative estimate of drug-likeness (QED) is 0.571. The van der Waals surface area contributed by atoms with Gasteiger partial charge in [0.2, 0.25) is 0 Å². The SMILES string of the molecule is CC(O)(CCN)C1CCCCN1. The molecule has 0 aliphatic carbocycles. The smallest absolute Gasteiger partial charge is 0.0784 e. The Morgan fingerprint density at radius 3 is 2.83 bits per heavy atom. The Bertz CT molecular complexity index is 130. The first-order valence-corrected chi connectivity index (χ1v) is 4.82. The van der Waals surface area contributed by atoms with Gasteiger partial charge in [-0.25, -0.2) is 0 Å². The Labute approximate surface area is 74.3 Å². The van der Waals surface area contributed by atoms with E-state index in [-0.39, 0.29) is 6.04 Å². The van der Waals surface area contributed by atoms with Gasteiger partial charge in [0.25, 0.3) is 0 Å². The Kier molecular flexibility index (Phi) is 3.50. The summed E-state index contributed by atoms with van der Waals surface area (Å²) in [4.78, 5) is 0. The van der Waals surface area contributed by atoms with Crippen molar-refractivity contribution in [2.45, 2.75) is 44.2 Å². The van der Waals surface area contributed by atoms with Crippen molar-refractivity contribution >= 4 is 0 Å². The lowest BCUT2D eigenvalue weighted by Gasteiger charge is -2.36. The number of hydrogen-bond donors (Lipinski definition) is 3. The molecule has 1 fully saturated rings. The molecule has 0 aromatic carbocycles. The molecule has 72 valence electrons. The lowest BCUT2D eigenvalue weighted by Crippen LogP contribution is -2.51. The van der Waals surface area contributed by atoms with Gasteiger partial charge in [-0.2, -0.15) is 0 Å². The molecule has 0 aromatic rings. The lowest BCUT2D eigenvalue weighted by atomic mass is 9.87. The molecule has 0 saturated carbocycles. The first kappa shape index (κ1) is 9.96. The highest BCUT2D eigenvalue weighted by molar-refractivity contribution is 4.89. The minimum atomic E-state index is -0.616. The molecule has 0 aromatic heterocycles. The maximum Gasteiger partial charge on any atom is 0.0784 e. The maximum atomic E-state index is 10.00. The van der Waals surface area contributed by atoms with Crippen LogP contribution in [0.3, 0.4) is 0 Å². The van der Waals surface area contributed by atoms with Crippen LogP contribution in [-0.4, -0.2) is 29.8 Å². The van der Waals surface area contributed by atoms with Gasteiger partial charge < -0.3 is 16.2 Å². The number of piperidine rings is 1. The van der Waals surface area contributed by atoms with E-state index in [0.29, 0.717) is 13.0 Å². The summed E-state index contributed by atoms with van der Waals surface area (Å²) in [6.07, 6.45) is 4.21. The Morgan fingerprint density at radius 1 is 1.58 bits per heavy atom. The van der Waals surface area contributed by atoms with Gasteiger partial charge in [0.05, 0.1) is 5.60 Å². The van der Waals surface area contributed by atoms with Gasteiger partial charge in [0.15, 0.2) is 0 Å². The van der Waals surface area contributed by atoms with E-state index in [1.165, 1.54) is 12.8 Å². The highest BCUT2D eigenvalue weighted by Gasteiger charge is 2.31. The summed E-state index contributed by atoms with van der Waals surface area (Å²) >= 11 is 0. The fraction of sp³-hybridized carbons (Fsp3) is 1.00. The molecular weight excluding hydrogens is 152 g/mol. The minimum Gasteiger partial charge on any atom is -0.389 e. The van der Waals surface area contributed by atoms with Crippen molar-refractivity contribution in [3.8, 4) is 0 Å². The largest absolute Gasteiger partial charge is 0.389 e. The molecule has 0 spiro atoms. The summed E-state index contributed by atoms with van der Waals surface area (Å²) in [5, 5.41) is 13.3. The molecule has 2 unspecified atom stereocenters. The van der Waals surface area contributed by atoms with Crippen LogP contribution in [0.25, 0.3) is 0 Å². The molecule has 1 aliphatic heterocycles. The van der Waals surface area contributed by atoms with Crippen molar-refractivity contribution in [3.05, 3.63) is 0 Å². The highest BCUT2D eigenvalue weighted by atomic mass is 16.3. The van der Waals surface area contributed by atoms with E-state index < -0.39 is 5.60 Å². The van der Waals surface area contributed by atoms with Crippen LogP contribution in [-0.2, 0) is 0 Å². The molecule has 12 heavy (non-hydrogen) atoms. The average Bonchev–Trinajstić information content (AvgIpc) is 2.06. The fourth-order valence-electron chi connectivity index (χ4n) is 1.85. The van der Waals surface area contributed by atoms with Gasteiger partial charge in [0, 0.05) is 6.04 Å². The zero-order valence-corrected chi connectivity index (χ0v) is 7.84. The zero-order valence-electron chi connectivity index (χ0n) is 7.84. The lowest BCUT2D eigenvalue weighted by molar-refractivity contribution is 0.00462. The van der Waals surface area contributed by atoms with E-state index in [1.54, 1.807) is 0 Å². The summed E-state index contributed by atoms with van der Waals surface area (Å²) in [5.74, 6) is 0. The number of rotatable bonds is 3. The summed E-state index contributed by atoms with van der Waals surface area (Å²) in [5.41, 5.74) is 4.82. The number of nitrogens with two attached hydrogens (primary N) is 1. The van der Waals surface area contributed by atoms with Gasteiger partial charge in [-0.05, 0) is 39.3 Å². The molecule has 3 nitrogen and oxygen atoms in total. The molecule has 0 radical (unpaired) electrons. The molecule has 3 heteroatoms. The normalized spacial score (nSPS) is 29.8. The topological polar surface area (TPSA) is 58.3 Å². The molecule has 0 bridgehead atoms. The van der Waals surface area contributed by atoms with Crippen LogP contribution in [0.5, 0.6) is 0 Å². The van der Waals surface area contributed by atoms with Gasteiger partial charge >= 0.3 is 0 Å². The summed E-state index contributed by atoms with van der Waals surface area (Å²) in [6.45, 7) is 3.47. The highest BCUT2D eigenvalue weighted by Crippen LogP contribution is 2.21. The van der Waals surface area contributed by atoms with Crippen LogP contribution in [0.4, 0.5) is 0 Å². The Balaban J connectivity index is 2.41. The zero-order chi connectivity index (χ0) is 9.03. The predicted octanol–water partition coefficient (Wildman–Crippen LogP) is 0.228.